The van der Waals surface area contributed by atoms with Gasteiger partial charge in [0.05, 0.1) is 18.3 Å². The predicted octanol–water partition coefficient (Wildman–Crippen LogP) is 5.01. The molecule has 5 heterocycles. The first-order valence-corrected chi connectivity index (χ1v) is 14.1. The predicted molar refractivity (Wildman–Crippen MR) is 155 cm³/mol. The first-order chi connectivity index (χ1) is 19.8. The van der Waals surface area contributed by atoms with Gasteiger partial charge in [0.1, 0.15) is 30.0 Å². The Labute approximate surface area is 239 Å². The molecule has 3 aliphatic heterocycles. The van der Waals surface area contributed by atoms with Crippen molar-refractivity contribution in [3.8, 4) is 5.75 Å². The summed E-state index contributed by atoms with van der Waals surface area (Å²) in [5, 5.41) is 2.92. The summed E-state index contributed by atoms with van der Waals surface area (Å²) in [5.74, 6) is 0.813. The van der Waals surface area contributed by atoms with Crippen LogP contribution in [-0.4, -0.2) is 66.0 Å². The zero-order valence-electron chi connectivity index (χ0n) is 23.6. The lowest BCUT2D eigenvalue weighted by molar-refractivity contribution is -0.141. The van der Waals surface area contributed by atoms with Crippen LogP contribution in [0, 0.1) is 0 Å². The minimum atomic E-state index is -0.620. The van der Waals surface area contributed by atoms with Crippen LogP contribution in [0.4, 0.5) is 22.1 Å². The monoisotopic (exact) mass is 557 g/mol. The summed E-state index contributed by atoms with van der Waals surface area (Å²) in [6.07, 6.45) is 2.56. The van der Waals surface area contributed by atoms with Gasteiger partial charge in [-0.3, -0.25) is 15.0 Å². The van der Waals surface area contributed by atoms with Gasteiger partial charge in [0.2, 0.25) is 0 Å². The number of aromatic nitrogens is 2. The molecule has 2 fully saturated rings. The summed E-state index contributed by atoms with van der Waals surface area (Å²) in [4.78, 5) is 39.9. The number of pyridine rings is 2. The molecule has 3 aromatic rings. The summed E-state index contributed by atoms with van der Waals surface area (Å²) >= 11 is 0. The minimum absolute atomic E-state index is 0.0501. The lowest BCUT2D eigenvalue weighted by atomic mass is 9.94. The Morgan fingerprint density at radius 2 is 2.00 bits per heavy atom. The third-order valence-electron chi connectivity index (χ3n) is 7.79. The Bertz CT molecular complexity index is 1430. The number of anilines is 3. The van der Waals surface area contributed by atoms with Gasteiger partial charge < -0.3 is 19.1 Å². The SMILES string of the molecule is C[C@H](CC(=O)c1ccc2c(n1)N(C(=O)Nc1cc(OC[C@H]3COC(C)(C)O3)ccn1)[C@H]1CCN2C1)c1ccccc1. The molecule has 0 spiro atoms. The average molecular weight is 558 g/mol. The van der Waals surface area contributed by atoms with Gasteiger partial charge in [0, 0.05) is 31.8 Å². The molecule has 10 heteroatoms. The van der Waals surface area contributed by atoms with Crippen molar-refractivity contribution < 1.29 is 23.8 Å². The van der Waals surface area contributed by atoms with E-state index in [0.29, 0.717) is 42.7 Å². The molecule has 2 saturated heterocycles. The summed E-state index contributed by atoms with van der Waals surface area (Å²) in [6, 6.07) is 16.7. The van der Waals surface area contributed by atoms with E-state index in [4.69, 9.17) is 19.2 Å². The maximum atomic E-state index is 13.7. The molecule has 214 valence electrons. The van der Waals surface area contributed by atoms with Crippen molar-refractivity contribution in [3.63, 3.8) is 0 Å². The molecule has 1 aromatic carbocycles. The highest BCUT2D eigenvalue weighted by Crippen LogP contribution is 2.39. The molecular weight excluding hydrogens is 522 g/mol. The molecule has 0 saturated carbocycles. The molecule has 2 amide bonds. The number of nitrogens with zero attached hydrogens (tertiary/aromatic N) is 4. The normalized spacial score (nSPS) is 21.3. The summed E-state index contributed by atoms with van der Waals surface area (Å²) < 4.78 is 17.3. The fraction of sp³-hybridized carbons (Fsp3) is 0.419. The fourth-order valence-electron chi connectivity index (χ4n) is 5.68. The van der Waals surface area contributed by atoms with Crippen molar-refractivity contribution in [2.45, 2.75) is 57.5 Å². The Kier molecular flexibility index (Phi) is 7.35. The van der Waals surface area contributed by atoms with E-state index >= 15 is 0 Å². The first kappa shape index (κ1) is 27.2. The largest absolute Gasteiger partial charge is 0.491 e. The lowest BCUT2D eigenvalue weighted by Crippen LogP contribution is -2.48. The zero-order chi connectivity index (χ0) is 28.6. The van der Waals surface area contributed by atoms with Gasteiger partial charge in [-0.2, -0.15) is 0 Å². The van der Waals surface area contributed by atoms with Gasteiger partial charge in [-0.15, -0.1) is 0 Å². The smallest absolute Gasteiger partial charge is 0.329 e. The quantitative estimate of drug-likeness (QED) is 0.385. The molecule has 2 bridgehead atoms. The Balaban J connectivity index is 1.17. The lowest BCUT2D eigenvalue weighted by Gasteiger charge is -2.35. The van der Waals surface area contributed by atoms with Gasteiger partial charge in [-0.05, 0) is 49.9 Å². The molecular formula is C31H35N5O5. The van der Waals surface area contributed by atoms with Crippen molar-refractivity contribution in [3.05, 3.63) is 72.1 Å². The van der Waals surface area contributed by atoms with Crippen LogP contribution in [-0.2, 0) is 9.47 Å². The second-order valence-corrected chi connectivity index (χ2v) is 11.3. The zero-order valence-corrected chi connectivity index (χ0v) is 23.6. The van der Waals surface area contributed by atoms with Gasteiger partial charge in [0.15, 0.2) is 17.4 Å². The van der Waals surface area contributed by atoms with E-state index in [-0.39, 0.29) is 29.9 Å². The van der Waals surface area contributed by atoms with Crippen molar-refractivity contribution in [1.82, 2.24) is 9.97 Å². The summed E-state index contributed by atoms with van der Waals surface area (Å²) in [5.41, 5.74) is 2.32. The van der Waals surface area contributed by atoms with Crippen molar-refractivity contribution >= 4 is 29.1 Å². The molecule has 41 heavy (non-hydrogen) atoms. The number of carbonyl (C=O) groups is 2. The van der Waals surface area contributed by atoms with Crippen molar-refractivity contribution in [2.75, 3.05) is 41.4 Å². The number of Topliss-reactive ketones (excluding diaryl/α,β-unsaturated/α-hetero) is 1. The molecule has 3 aliphatic rings. The highest BCUT2D eigenvalue weighted by atomic mass is 16.7. The second-order valence-electron chi connectivity index (χ2n) is 11.3. The Hall–Kier alpha value is -4.02. The third-order valence-corrected chi connectivity index (χ3v) is 7.79. The van der Waals surface area contributed by atoms with Crippen LogP contribution < -0.4 is 19.9 Å². The van der Waals surface area contributed by atoms with E-state index in [1.807, 2.05) is 57.2 Å². The van der Waals surface area contributed by atoms with Crippen molar-refractivity contribution in [2.24, 2.45) is 0 Å². The van der Waals surface area contributed by atoms with Gasteiger partial charge in [0.25, 0.3) is 0 Å². The number of ketones is 1. The molecule has 2 aromatic heterocycles. The number of amides is 2. The van der Waals surface area contributed by atoms with Crippen LogP contribution in [0.5, 0.6) is 5.75 Å². The maximum absolute atomic E-state index is 13.7. The van der Waals surface area contributed by atoms with Crippen LogP contribution >= 0.6 is 0 Å². The summed E-state index contributed by atoms with van der Waals surface area (Å²) in [7, 11) is 0. The fourth-order valence-corrected chi connectivity index (χ4v) is 5.68. The maximum Gasteiger partial charge on any atom is 0.329 e. The number of urea groups is 1. The van der Waals surface area contributed by atoms with Crippen LogP contribution in [0.3, 0.4) is 0 Å². The van der Waals surface area contributed by atoms with E-state index in [9.17, 15) is 9.59 Å². The van der Waals surface area contributed by atoms with Gasteiger partial charge in [-0.25, -0.2) is 14.8 Å². The number of hydrogen-bond acceptors (Lipinski definition) is 8. The Morgan fingerprint density at radius 1 is 1.17 bits per heavy atom. The number of fused-ring (bicyclic) bond motifs is 4. The molecule has 6 rings (SSSR count). The van der Waals surface area contributed by atoms with E-state index in [2.05, 4.69) is 15.2 Å². The number of carbonyl (C=O) groups excluding carboxylic acids is 2. The number of rotatable bonds is 8. The average Bonchev–Trinajstić information content (AvgIpc) is 3.55. The molecule has 3 atom stereocenters. The molecule has 1 N–H and O–H groups in total. The van der Waals surface area contributed by atoms with Crippen LogP contribution in [0.15, 0.2) is 60.8 Å². The second kappa shape index (κ2) is 11.1. The first-order valence-electron chi connectivity index (χ1n) is 14.1. The van der Waals surface area contributed by atoms with E-state index in [1.54, 1.807) is 29.3 Å². The highest BCUT2D eigenvalue weighted by molar-refractivity contribution is 6.05. The Morgan fingerprint density at radius 3 is 2.78 bits per heavy atom. The van der Waals surface area contributed by atoms with E-state index in [1.165, 1.54) is 0 Å². The minimum Gasteiger partial charge on any atom is -0.491 e. The van der Waals surface area contributed by atoms with E-state index in [0.717, 1.165) is 30.8 Å². The van der Waals surface area contributed by atoms with Crippen LogP contribution in [0.1, 0.15) is 55.6 Å². The number of benzene rings is 1. The van der Waals surface area contributed by atoms with Crippen LogP contribution in [0.2, 0.25) is 0 Å². The molecule has 0 unspecified atom stereocenters. The van der Waals surface area contributed by atoms with Gasteiger partial charge >= 0.3 is 6.03 Å². The molecule has 0 aliphatic carbocycles. The third kappa shape index (κ3) is 5.89. The van der Waals surface area contributed by atoms with E-state index < -0.39 is 5.79 Å². The van der Waals surface area contributed by atoms with Crippen molar-refractivity contribution in [1.29, 1.82) is 0 Å². The molecule has 0 radical (unpaired) electrons. The van der Waals surface area contributed by atoms with Crippen LogP contribution in [0.25, 0.3) is 0 Å². The number of hydrogen-bond donors (Lipinski definition) is 1. The number of nitrogens with one attached hydrogen (secondary N) is 1. The number of ether oxygens (including phenoxy) is 3. The standard InChI is InChI=1S/C31H35N5O5/c1-20(21-7-5-4-6-8-21)15-27(37)25-9-10-26-29(33-25)36(22-12-14-35(26)17-22)30(38)34-28-16-23(11-13-32-28)39-18-24-19-40-31(2,3)41-24/h4-11,13,16,20,22,24H,12,14-15,17-19H2,1-3H3,(H,32,34,38)/t20-,22+,24+/m1/s1. The molecule has 10 nitrogen and oxygen atoms in total. The summed E-state index contributed by atoms with van der Waals surface area (Å²) in [6.45, 7) is 8.10. The highest BCUT2D eigenvalue weighted by Gasteiger charge is 2.41. The van der Waals surface area contributed by atoms with Gasteiger partial charge in [-0.1, -0.05) is 37.3 Å². The topological polar surface area (TPSA) is 106 Å².